The highest BCUT2D eigenvalue weighted by atomic mass is 79.9. The van der Waals surface area contributed by atoms with Gasteiger partial charge in [0.25, 0.3) is 0 Å². The number of fused-ring (bicyclic) bond motifs is 1. The first-order chi connectivity index (χ1) is 23.2. The minimum Gasteiger partial charge on any atom is -0.494 e. The fraction of sp³-hybridized carbons (Fsp3) is 0.639. The zero-order chi connectivity index (χ0) is 34.6. The first-order valence-electron chi connectivity index (χ1n) is 17.3. The molecule has 264 valence electrons. The lowest BCUT2D eigenvalue weighted by molar-refractivity contribution is -0.147. The van der Waals surface area contributed by atoms with E-state index in [1.807, 2.05) is 49.9 Å². The molecule has 4 aliphatic heterocycles. The topological polar surface area (TPSA) is 103 Å². The molecule has 5 rings (SSSR count). The molecule has 48 heavy (non-hydrogen) atoms. The summed E-state index contributed by atoms with van der Waals surface area (Å²) in [7, 11) is 0. The van der Waals surface area contributed by atoms with Crippen LogP contribution in [0, 0.1) is 17.8 Å². The van der Waals surface area contributed by atoms with Crippen LogP contribution in [0.3, 0.4) is 0 Å². The summed E-state index contributed by atoms with van der Waals surface area (Å²) in [6, 6.07) is 6.02. The van der Waals surface area contributed by atoms with Gasteiger partial charge in [-0.3, -0.25) is 19.3 Å². The molecule has 8 atom stereocenters. The normalized spacial score (nSPS) is 29.3. The first-order valence-corrected chi connectivity index (χ1v) is 19.1. The fourth-order valence-corrected chi connectivity index (χ4v) is 11.6. The number of amides is 3. The number of likely N-dealkylation sites (tertiary alicyclic amines) is 1. The van der Waals surface area contributed by atoms with Gasteiger partial charge in [0.2, 0.25) is 17.7 Å². The molecule has 1 N–H and O–H groups in total. The number of alkyl halides is 1. The van der Waals surface area contributed by atoms with Crippen LogP contribution >= 0.6 is 27.7 Å². The van der Waals surface area contributed by atoms with E-state index in [0.29, 0.717) is 57.3 Å². The third-order valence-corrected chi connectivity index (χ3v) is 13.8. The van der Waals surface area contributed by atoms with Crippen molar-refractivity contribution in [3.63, 3.8) is 0 Å². The van der Waals surface area contributed by atoms with E-state index in [1.165, 1.54) is 0 Å². The van der Waals surface area contributed by atoms with Gasteiger partial charge in [0, 0.05) is 55.0 Å². The molecule has 3 unspecified atom stereocenters. The number of carbonyl (C=O) groups is 3. The maximum absolute atomic E-state index is 15.0. The van der Waals surface area contributed by atoms with Crippen molar-refractivity contribution in [1.29, 1.82) is 0 Å². The molecule has 3 amide bonds. The van der Waals surface area contributed by atoms with Gasteiger partial charge < -0.3 is 29.3 Å². The monoisotopic (exact) mass is 746 g/mol. The molecule has 0 aliphatic carbocycles. The molecule has 4 aliphatic rings. The Morgan fingerprint density at radius 3 is 2.46 bits per heavy atom. The summed E-state index contributed by atoms with van der Waals surface area (Å²) >= 11 is 5.53. The lowest BCUT2D eigenvalue weighted by Crippen LogP contribution is -2.59. The number of anilines is 1. The van der Waals surface area contributed by atoms with Gasteiger partial charge in [0.1, 0.15) is 11.8 Å². The zero-order valence-electron chi connectivity index (χ0n) is 28.5. The number of aliphatic hydroxyl groups is 1. The Labute approximate surface area is 298 Å². The number of halogens is 1. The summed E-state index contributed by atoms with van der Waals surface area (Å²) in [6.07, 6.45) is 4.72. The molecule has 12 heteroatoms. The Morgan fingerprint density at radius 2 is 1.85 bits per heavy atom. The van der Waals surface area contributed by atoms with Crippen LogP contribution in [0.5, 0.6) is 5.75 Å². The number of carbonyl (C=O) groups excluding carboxylic acids is 3. The van der Waals surface area contributed by atoms with E-state index in [1.54, 1.807) is 33.7 Å². The zero-order valence-corrected chi connectivity index (χ0v) is 30.9. The molecule has 0 radical (unpaired) electrons. The van der Waals surface area contributed by atoms with Crippen LogP contribution in [-0.2, 0) is 19.1 Å². The van der Waals surface area contributed by atoms with Crippen molar-refractivity contribution in [2.24, 2.45) is 17.8 Å². The van der Waals surface area contributed by atoms with Gasteiger partial charge in [-0.1, -0.05) is 48.4 Å². The molecule has 2 bridgehead atoms. The van der Waals surface area contributed by atoms with Gasteiger partial charge in [-0.15, -0.1) is 24.9 Å². The van der Waals surface area contributed by atoms with Gasteiger partial charge in [0.15, 0.2) is 0 Å². The number of thioether (sulfide) groups is 1. The van der Waals surface area contributed by atoms with Gasteiger partial charge in [-0.2, -0.15) is 0 Å². The number of rotatable bonds is 16. The summed E-state index contributed by atoms with van der Waals surface area (Å²) in [4.78, 5) is 52.0. The molecule has 1 aromatic rings. The molecule has 0 saturated carbocycles. The molecule has 4 heterocycles. The minimum absolute atomic E-state index is 0.0529. The lowest BCUT2D eigenvalue weighted by atomic mass is 9.70. The highest BCUT2D eigenvalue weighted by Crippen LogP contribution is 2.68. The van der Waals surface area contributed by atoms with Crippen molar-refractivity contribution in [2.75, 3.05) is 70.6 Å². The largest absolute Gasteiger partial charge is 0.494 e. The van der Waals surface area contributed by atoms with Gasteiger partial charge >= 0.3 is 0 Å². The number of benzene rings is 1. The third kappa shape index (κ3) is 6.84. The quantitative estimate of drug-likeness (QED) is 0.201. The molecule has 10 nitrogen and oxygen atoms in total. The Morgan fingerprint density at radius 1 is 1.17 bits per heavy atom. The second-order valence-electron chi connectivity index (χ2n) is 13.2. The van der Waals surface area contributed by atoms with Crippen molar-refractivity contribution in [1.82, 2.24) is 14.7 Å². The van der Waals surface area contributed by atoms with Crippen molar-refractivity contribution in [2.45, 2.75) is 60.5 Å². The van der Waals surface area contributed by atoms with Crippen molar-refractivity contribution >= 4 is 51.1 Å². The number of ether oxygens (including phenoxy) is 2. The van der Waals surface area contributed by atoms with Gasteiger partial charge in [-0.25, -0.2) is 0 Å². The number of morpholine rings is 1. The fourth-order valence-electron chi connectivity index (χ4n) is 8.03. The molecule has 4 fully saturated rings. The first kappa shape index (κ1) is 36.9. The summed E-state index contributed by atoms with van der Waals surface area (Å²) in [6.45, 7) is 18.8. The number of nitrogens with zero attached hydrogens (tertiary/aromatic N) is 4. The van der Waals surface area contributed by atoms with Crippen LogP contribution in [0.2, 0.25) is 0 Å². The van der Waals surface area contributed by atoms with E-state index in [9.17, 15) is 19.5 Å². The van der Waals surface area contributed by atoms with Crippen molar-refractivity contribution < 1.29 is 29.0 Å². The number of aliphatic hydroxyl groups excluding tert-OH is 1. The predicted octanol–water partition coefficient (Wildman–Crippen LogP) is 3.82. The van der Waals surface area contributed by atoms with Crippen LogP contribution in [0.25, 0.3) is 0 Å². The van der Waals surface area contributed by atoms with Crippen LogP contribution in [-0.4, -0.2) is 130 Å². The maximum Gasteiger partial charge on any atom is 0.247 e. The van der Waals surface area contributed by atoms with E-state index >= 15 is 0 Å². The van der Waals surface area contributed by atoms with E-state index in [4.69, 9.17) is 9.47 Å². The molecule has 1 aromatic carbocycles. The summed E-state index contributed by atoms with van der Waals surface area (Å²) in [5.41, 5.74) is 0.694. The molecule has 0 aromatic heterocycles. The minimum atomic E-state index is -0.828. The van der Waals surface area contributed by atoms with Gasteiger partial charge in [0.05, 0.1) is 49.1 Å². The predicted molar refractivity (Wildman–Crippen MR) is 194 cm³/mol. The van der Waals surface area contributed by atoms with E-state index in [-0.39, 0.29) is 46.9 Å². The number of hydrogen-bond acceptors (Lipinski definition) is 8. The van der Waals surface area contributed by atoms with E-state index < -0.39 is 28.7 Å². The van der Waals surface area contributed by atoms with Crippen LogP contribution in [0.4, 0.5) is 5.69 Å². The average molecular weight is 748 g/mol. The smallest absolute Gasteiger partial charge is 0.247 e. The Kier molecular flexibility index (Phi) is 12.4. The average Bonchev–Trinajstić information content (AvgIpc) is 3.69. The number of hydrogen-bond donors (Lipinski definition) is 1. The summed E-state index contributed by atoms with van der Waals surface area (Å²) in [5.74, 6) is -1.22. The SMILES string of the molecule is C=CCN(CCN1CCOCC1)C(=O)C1N([C@@H](CO)[C@@H](C)CC)C(=O)[C@@H]2[C@H](C(=O)N(CC=C)c3ccc(OCC)cc3)[C@H]3SC12CC3Br. The second kappa shape index (κ2) is 16.1. The van der Waals surface area contributed by atoms with E-state index in [2.05, 4.69) is 34.0 Å². The standard InChI is InChI=1S/C36H51BrN4O6S/c1-6-14-39(17-16-38-18-20-46-21-19-38)35(45)32-36-22-27(37)31(48-36)29(30(36)34(44)41(32)28(23-42)24(5)8-3)33(43)40(15-7-2)25-10-12-26(13-11-25)47-9-4/h6-7,10-13,24,27-32,42H,1-2,8-9,14-23H2,3-5H3/t24-,27?,28-,29-,30-,31-,32?,36?/m0/s1. The van der Waals surface area contributed by atoms with E-state index in [0.717, 1.165) is 19.5 Å². The van der Waals surface area contributed by atoms with Crippen molar-refractivity contribution in [3.05, 3.63) is 49.6 Å². The molecule has 4 saturated heterocycles. The highest BCUT2D eigenvalue weighted by Gasteiger charge is 2.76. The second-order valence-corrected chi connectivity index (χ2v) is 16.0. The summed E-state index contributed by atoms with van der Waals surface area (Å²) < 4.78 is 10.3. The third-order valence-electron chi connectivity index (χ3n) is 10.6. The highest BCUT2D eigenvalue weighted by molar-refractivity contribution is 9.09. The molecular formula is C36H51BrN4O6S. The van der Waals surface area contributed by atoms with Crippen molar-refractivity contribution in [3.8, 4) is 5.75 Å². The Bertz CT molecular complexity index is 1330. The molecule has 1 spiro atoms. The maximum atomic E-state index is 15.0. The van der Waals surface area contributed by atoms with Gasteiger partial charge in [-0.05, 0) is 43.5 Å². The Balaban J connectivity index is 1.53. The van der Waals surface area contributed by atoms with Crippen LogP contribution in [0.1, 0.15) is 33.6 Å². The summed E-state index contributed by atoms with van der Waals surface area (Å²) in [5, 5.41) is 10.6. The van der Waals surface area contributed by atoms with Crippen LogP contribution in [0.15, 0.2) is 49.6 Å². The Hall–Kier alpha value is -2.38. The van der Waals surface area contributed by atoms with Crippen LogP contribution < -0.4 is 9.64 Å². The lowest BCUT2D eigenvalue weighted by Gasteiger charge is -2.41. The molecular weight excluding hydrogens is 696 g/mol.